The predicted octanol–water partition coefficient (Wildman–Crippen LogP) is 3.14. The molecule has 3 heteroatoms. The highest BCUT2D eigenvalue weighted by Gasteiger charge is 2.50. The van der Waals surface area contributed by atoms with E-state index in [4.69, 9.17) is 4.74 Å². The van der Waals surface area contributed by atoms with Crippen LogP contribution in [0, 0.1) is 5.82 Å². The Kier molecular flexibility index (Phi) is 2.91. The molecule has 0 N–H and O–H groups in total. The van der Waals surface area contributed by atoms with E-state index >= 15 is 0 Å². The number of hydrogen-bond donors (Lipinski definition) is 0. The Labute approximate surface area is 108 Å². The Hall–Kier alpha value is -0.930. The van der Waals surface area contributed by atoms with E-state index in [1.165, 1.54) is 12.0 Å². The molecule has 3 atom stereocenters. The zero-order valence-corrected chi connectivity index (χ0v) is 11.0. The summed E-state index contributed by atoms with van der Waals surface area (Å²) in [5.41, 5.74) is 1.15. The molecule has 2 bridgehead atoms. The number of fused-ring (bicyclic) bond motifs is 2. The molecule has 2 fully saturated rings. The van der Waals surface area contributed by atoms with Crippen molar-refractivity contribution >= 4 is 0 Å². The van der Waals surface area contributed by atoms with Crippen molar-refractivity contribution in [1.29, 1.82) is 0 Å². The fraction of sp³-hybridized carbons (Fsp3) is 0.600. The van der Waals surface area contributed by atoms with Gasteiger partial charge in [-0.2, -0.15) is 0 Å². The van der Waals surface area contributed by atoms with Gasteiger partial charge < -0.3 is 4.74 Å². The van der Waals surface area contributed by atoms with Crippen LogP contribution in [0.1, 0.15) is 37.2 Å². The lowest BCUT2D eigenvalue weighted by atomic mass is 9.84. The lowest BCUT2D eigenvalue weighted by Gasteiger charge is -2.45. The molecule has 2 saturated heterocycles. The van der Waals surface area contributed by atoms with Crippen LogP contribution in [-0.4, -0.2) is 30.8 Å². The third kappa shape index (κ3) is 1.77. The fourth-order valence-electron chi connectivity index (χ4n) is 3.73. The summed E-state index contributed by atoms with van der Waals surface area (Å²) in [4.78, 5) is 2.40. The number of nitrogens with zero attached hydrogens (tertiary/aromatic N) is 1. The van der Waals surface area contributed by atoms with E-state index in [1.807, 2.05) is 19.2 Å². The van der Waals surface area contributed by atoms with Gasteiger partial charge in [-0.25, -0.2) is 4.39 Å². The fourth-order valence-corrected chi connectivity index (χ4v) is 3.73. The Morgan fingerprint density at radius 1 is 1.33 bits per heavy atom. The summed E-state index contributed by atoms with van der Waals surface area (Å²) in [6.07, 6.45) is 4.50. The largest absolute Gasteiger partial charge is 0.364 e. The highest BCUT2D eigenvalue weighted by atomic mass is 19.1. The molecule has 2 aliphatic heterocycles. The van der Waals surface area contributed by atoms with Crippen molar-refractivity contribution in [2.75, 3.05) is 14.2 Å². The first kappa shape index (κ1) is 12.1. The number of rotatable bonds is 2. The van der Waals surface area contributed by atoms with Gasteiger partial charge in [-0.3, -0.25) is 4.90 Å². The van der Waals surface area contributed by atoms with Crippen molar-refractivity contribution in [2.24, 2.45) is 0 Å². The number of methoxy groups -OCH3 is 1. The van der Waals surface area contributed by atoms with Gasteiger partial charge in [-0.05, 0) is 56.3 Å². The maximum atomic E-state index is 13.0. The zero-order chi connectivity index (χ0) is 12.8. The Bertz CT molecular complexity index is 433. The van der Waals surface area contributed by atoms with Crippen LogP contribution in [0.3, 0.4) is 0 Å². The molecule has 2 heterocycles. The third-order valence-corrected chi connectivity index (χ3v) is 4.90. The first-order valence-electron chi connectivity index (χ1n) is 6.68. The normalized spacial score (nSPS) is 35.9. The molecule has 2 aliphatic rings. The topological polar surface area (TPSA) is 12.5 Å². The summed E-state index contributed by atoms with van der Waals surface area (Å²) in [6.45, 7) is 0. The molecule has 0 aromatic heterocycles. The van der Waals surface area contributed by atoms with Crippen LogP contribution < -0.4 is 0 Å². The van der Waals surface area contributed by atoms with Crippen LogP contribution in [0.2, 0.25) is 0 Å². The molecule has 0 spiro atoms. The summed E-state index contributed by atoms with van der Waals surface area (Å²) >= 11 is 0. The van der Waals surface area contributed by atoms with E-state index in [1.54, 1.807) is 12.1 Å². The Morgan fingerprint density at radius 2 is 2.06 bits per heavy atom. The lowest BCUT2D eigenvalue weighted by Crippen LogP contribution is -2.51. The maximum absolute atomic E-state index is 13.0. The highest BCUT2D eigenvalue weighted by molar-refractivity contribution is 5.23. The van der Waals surface area contributed by atoms with Crippen LogP contribution >= 0.6 is 0 Å². The highest BCUT2D eigenvalue weighted by Crippen LogP contribution is 2.48. The van der Waals surface area contributed by atoms with Gasteiger partial charge in [-0.15, -0.1) is 0 Å². The quantitative estimate of drug-likeness (QED) is 0.798. The molecule has 1 aromatic rings. The van der Waals surface area contributed by atoms with Crippen molar-refractivity contribution < 1.29 is 9.13 Å². The first-order valence-corrected chi connectivity index (χ1v) is 6.68. The van der Waals surface area contributed by atoms with Crippen molar-refractivity contribution in [3.63, 3.8) is 0 Å². The minimum Gasteiger partial charge on any atom is -0.364 e. The molecular formula is C15H20FNO. The smallest absolute Gasteiger partial charge is 0.123 e. The molecular weight excluding hydrogens is 229 g/mol. The van der Waals surface area contributed by atoms with Crippen molar-refractivity contribution in [1.82, 2.24) is 4.90 Å². The van der Waals surface area contributed by atoms with E-state index in [0.29, 0.717) is 12.0 Å². The average molecular weight is 249 g/mol. The predicted molar refractivity (Wildman–Crippen MR) is 68.9 cm³/mol. The SMILES string of the molecule is CO[C@@]12CC[C@@H](C[C@H](c3ccc(F)cc3)C1)N2C. The number of hydrogen-bond acceptors (Lipinski definition) is 2. The summed E-state index contributed by atoms with van der Waals surface area (Å²) in [5.74, 6) is 0.338. The van der Waals surface area contributed by atoms with Gasteiger partial charge in [0.25, 0.3) is 0 Å². The summed E-state index contributed by atoms with van der Waals surface area (Å²) in [5, 5.41) is 0. The first-order chi connectivity index (χ1) is 8.64. The van der Waals surface area contributed by atoms with Gasteiger partial charge in [0, 0.05) is 13.2 Å². The molecule has 3 rings (SSSR count). The third-order valence-electron chi connectivity index (χ3n) is 4.90. The van der Waals surface area contributed by atoms with Crippen molar-refractivity contribution in [2.45, 2.75) is 43.4 Å². The van der Waals surface area contributed by atoms with Crippen LogP contribution in [0.5, 0.6) is 0 Å². The van der Waals surface area contributed by atoms with Crippen LogP contribution in [0.25, 0.3) is 0 Å². The van der Waals surface area contributed by atoms with E-state index < -0.39 is 0 Å². The maximum Gasteiger partial charge on any atom is 0.123 e. The second-order valence-corrected chi connectivity index (χ2v) is 5.64. The summed E-state index contributed by atoms with van der Waals surface area (Å²) < 4.78 is 18.8. The lowest BCUT2D eigenvalue weighted by molar-refractivity contribution is -0.137. The average Bonchev–Trinajstić information content (AvgIpc) is 2.60. The number of benzene rings is 1. The minimum atomic E-state index is -0.156. The number of piperidine rings is 1. The molecule has 0 aliphatic carbocycles. The molecule has 0 amide bonds. The minimum absolute atomic E-state index is 0.0953. The standard InChI is InChI=1S/C15H20FNO/c1-17-14-7-8-15(17,18-2)10-12(9-14)11-3-5-13(16)6-4-11/h3-6,12,14H,7-10H2,1-2H3/t12-,14-,15-/m0/s1. The zero-order valence-electron chi connectivity index (χ0n) is 11.0. The van der Waals surface area contributed by atoms with E-state index in [-0.39, 0.29) is 11.5 Å². The second kappa shape index (κ2) is 4.32. The monoisotopic (exact) mass is 249 g/mol. The van der Waals surface area contributed by atoms with Crippen molar-refractivity contribution in [3.05, 3.63) is 35.6 Å². The molecule has 18 heavy (non-hydrogen) atoms. The van der Waals surface area contributed by atoms with Crippen molar-refractivity contribution in [3.8, 4) is 0 Å². The molecule has 0 saturated carbocycles. The summed E-state index contributed by atoms with van der Waals surface area (Å²) in [6, 6.07) is 7.58. The Morgan fingerprint density at radius 3 is 2.72 bits per heavy atom. The molecule has 0 radical (unpaired) electrons. The van der Waals surface area contributed by atoms with Gasteiger partial charge in [-0.1, -0.05) is 12.1 Å². The van der Waals surface area contributed by atoms with E-state index in [0.717, 1.165) is 19.3 Å². The van der Waals surface area contributed by atoms with Gasteiger partial charge in [0.05, 0.1) is 0 Å². The van der Waals surface area contributed by atoms with Gasteiger partial charge >= 0.3 is 0 Å². The second-order valence-electron chi connectivity index (χ2n) is 5.64. The van der Waals surface area contributed by atoms with Crippen LogP contribution in [0.15, 0.2) is 24.3 Å². The molecule has 0 unspecified atom stereocenters. The number of halogens is 1. The van der Waals surface area contributed by atoms with Crippen LogP contribution in [-0.2, 0) is 4.74 Å². The van der Waals surface area contributed by atoms with Gasteiger partial charge in [0.15, 0.2) is 0 Å². The molecule has 1 aromatic carbocycles. The van der Waals surface area contributed by atoms with Gasteiger partial charge in [0.1, 0.15) is 11.5 Å². The molecule has 2 nitrogen and oxygen atoms in total. The molecule has 98 valence electrons. The number of ether oxygens (including phenoxy) is 1. The van der Waals surface area contributed by atoms with Gasteiger partial charge in [0.2, 0.25) is 0 Å². The summed E-state index contributed by atoms with van der Waals surface area (Å²) in [7, 11) is 3.98. The van der Waals surface area contributed by atoms with Crippen LogP contribution in [0.4, 0.5) is 4.39 Å². The Balaban J connectivity index is 1.86. The van der Waals surface area contributed by atoms with E-state index in [9.17, 15) is 4.39 Å². The van der Waals surface area contributed by atoms with E-state index in [2.05, 4.69) is 11.9 Å².